The number of alkyl halides is 1. The number of hydrogen-bond acceptors (Lipinski definition) is 2. The molecule has 0 radical (unpaired) electrons. The van der Waals surface area contributed by atoms with Gasteiger partial charge in [-0.2, -0.15) is 0 Å². The molecule has 0 aliphatic carbocycles. The third-order valence-electron chi connectivity index (χ3n) is 2.35. The van der Waals surface area contributed by atoms with Crippen LogP contribution in [0.5, 0.6) is 0 Å². The highest BCUT2D eigenvalue weighted by Gasteiger charge is 1.99. The Bertz CT molecular complexity index is 271. The number of halogens is 1. The van der Waals surface area contributed by atoms with Gasteiger partial charge >= 0.3 is 0 Å². The van der Waals surface area contributed by atoms with E-state index in [1.54, 1.807) is 0 Å². The van der Waals surface area contributed by atoms with Crippen molar-refractivity contribution >= 4 is 17.4 Å². The summed E-state index contributed by atoms with van der Waals surface area (Å²) in [7, 11) is 0. The summed E-state index contributed by atoms with van der Waals surface area (Å²) < 4.78 is 0. The molecule has 1 aromatic heterocycles. The molecule has 84 valence electrons. The quantitative estimate of drug-likeness (QED) is 0.594. The van der Waals surface area contributed by atoms with Crippen LogP contribution in [0.4, 0.5) is 5.82 Å². The van der Waals surface area contributed by atoms with Crippen molar-refractivity contribution in [1.29, 1.82) is 0 Å². The molecule has 0 fully saturated rings. The first kappa shape index (κ1) is 12.3. The number of aromatic nitrogens is 1. The number of anilines is 1. The molecule has 1 rings (SSSR count). The number of hydrogen-bond donors (Lipinski definition) is 1. The maximum absolute atomic E-state index is 5.73. The van der Waals surface area contributed by atoms with Crippen LogP contribution in [-0.4, -0.2) is 17.4 Å². The molecule has 0 aliphatic heterocycles. The number of nitrogens with zero attached hydrogens (tertiary/aromatic N) is 1. The minimum absolute atomic E-state index is 0.611. The van der Waals surface area contributed by atoms with Gasteiger partial charge in [0.15, 0.2) is 0 Å². The number of pyridine rings is 1. The lowest BCUT2D eigenvalue weighted by Crippen LogP contribution is -2.05. The molecule has 0 amide bonds. The van der Waals surface area contributed by atoms with Crippen molar-refractivity contribution in [2.45, 2.75) is 26.7 Å². The Morgan fingerprint density at radius 1 is 1.47 bits per heavy atom. The summed E-state index contributed by atoms with van der Waals surface area (Å²) in [5.41, 5.74) is 1.19. The van der Waals surface area contributed by atoms with Crippen LogP contribution < -0.4 is 5.32 Å². The normalized spacial score (nSPS) is 12.5. The van der Waals surface area contributed by atoms with Gasteiger partial charge < -0.3 is 5.32 Å². The average Bonchev–Trinajstić information content (AvgIpc) is 2.26. The third kappa shape index (κ3) is 5.03. The molecule has 3 heteroatoms. The Labute approximate surface area is 97.1 Å². The first-order valence-electron chi connectivity index (χ1n) is 5.45. The van der Waals surface area contributed by atoms with Crippen LogP contribution >= 0.6 is 11.6 Å². The predicted molar refractivity (Wildman–Crippen MR) is 66.6 cm³/mol. The molecule has 0 spiro atoms. The molecular formula is C12H19ClN2. The van der Waals surface area contributed by atoms with E-state index in [0.717, 1.165) is 24.7 Å². The maximum atomic E-state index is 5.73. The van der Waals surface area contributed by atoms with Crippen molar-refractivity contribution in [1.82, 2.24) is 4.98 Å². The minimum Gasteiger partial charge on any atom is -0.370 e. The molecule has 2 nitrogen and oxygen atoms in total. The zero-order valence-electron chi connectivity index (χ0n) is 9.46. The van der Waals surface area contributed by atoms with Gasteiger partial charge in [0.05, 0.1) is 0 Å². The minimum atomic E-state index is 0.611. The average molecular weight is 227 g/mol. The highest BCUT2D eigenvalue weighted by atomic mass is 35.5. The fourth-order valence-corrected chi connectivity index (χ4v) is 1.47. The van der Waals surface area contributed by atoms with E-state index in [0.29, 0.717) is 5.92 Å². The van der Waals surface area contributed by atoms with Crippen LogP contribution in [0.3, 0.4) is 0 Å². The van der Waals surface area contributed by atoms with E-state index in [4.69, 9.17) is 11.6 Å². The Kier molecular flexibility index (Phi) is 5.48. The van der Waals surface area contributed by atoms with Crippen LogP contribution in [0.25, 0.3) is 0 Å². The lowest BCUT2D eigenvalue weighted by atomic mass is 10.1. The molecule has 0 saturated carbocycles. The first-order chi connectivity index (χ1) is 7.22. The molecule has 0 bridgehead atoms. The Balaban J connectivity index is 2.17. The summed E-state index contributed by atoms with van der Waals surface area (Å²) in [5.74, 6) is 2.32. The number of aryl methyl sites for hydroxylation is 1. The van der Waals surface area contributed by atoms with Crippen molar-refractivity contribution in [2.24, 2.45) is 5.92 Å². The molecule has 15 heavy (non-hydrogen) atoms. The second-order valence-electron chi connectivity index (χ2n) is 4.05. The standard InChI is InChI=1S/C12H19ClN2/c1-10(8-13)4-3-7-14-12-6-5-11(2)9-15-12/h5-6,9-10H,3-4,7-8H2,1-2H3,(H,14,15). The molecule has 0 saturated heterocycles. The smallest absolute Gasteiger partial charge is 0.125 e. The van der Waals surface area contributed by atoms with E-state index in [9.17, 15) is 0 Å². The van der Waals surface area contributed by atoms with Gasteiger partial charge in [0.25, 0.3) is 0 Å². The summed E-state index contributed by atoms with van der Waals surface area (Å²) in [4.78, 5) is 4.28. The molecular weight excluding hydrogens is 208 g/mol. The lowest BCUT2D eigenvalue weighted by Gasteiger charge is -2.08. The van der Waals surface area contributed by atoms with E-state index >= 15 is 0 Å². The molecule has 1 N–H and O–H groups in total. The van der Waals surface area contributed by atoms with Gasteiger partial charge in [-0.25, -0.2) is 4.98 Å². The van der Waals surface area contributed by atoms with Gasteiger partial charge in [-0.05, 0) is 37.3 Å². The molecule has 1 aromatic rings. The zero-order chi connectivity index (χ0) is 11.1. The molecule has 1 unspecified atom stereocenters. The third-order valence-corrected chi connectivity index (χ3v) is 2.88. The zero-order valence-corrected chi connectivity index (χ0v) is 10.2. The highest BCUT2D eigenvalue weighted by molar-refractivity contribution is 6.18. The Morgan fingerprint density at radius 2 is 2.27 bits per heavy atom. The van der Waals surface area contributed by atoms with Crippen molar-refractivity contribution in [3.8, 4) is 0 Å². The largest absolute Gasteiger partial charge is 0.370 e. The summed E-state index contributed by atoms with van der Waals surface area (Å²) in [6, 6.07) is 4.08. The molecule has 1 atom stereocenters. The fourth-order valence-electron chi connectivity index (χ4n) is 1.32. The second kappa shape index (κ2) is 6.67. The van der Waals surface area contributed by atoms with Gasteiger partial charge in [0.2, 0.25) is 0 Å². The predicted octanol–water partition coefficient (Wildman–Crippen LogP) is 3.46. The number of rotatable bonds is 6. The Hall–Kier alpha value is -0.760. The first-order valence-corrected chi connectivity index (χ1v) is 5.98. The van der Waals surface area contributed by atoms with Crippen molar-refractivity contribution in [2.75, 3.05) is 17.7 Å². The van der Waals surface area contributed by atoms with E-state index in [1.165, 1.54) is 12.0 Å². The molecule has 0 aliphatic rings. The van der Waals surface area contributed by atoms with Crippen molar-refractivity contribution in [3.05, 3.63) is 23.9 Å². The van der Waals surface area contributed by atoms with Gasteiger partial charge in [0.1, 0.15) is 5.82 Å². The summed E-state index contributed by atoms with van der Waals surface area (Å²) in [6.07, 6.45) is 4.19. The fraction of sp³-hybridized carbons (Fsp3) is 0.583. The van der Waals surface area contributed by atoms with Gasteiger partial charge in [-0.15, -0.1) is 11.6 Å². The summed E-state index contributed by atoms with van der Waals surface area (Å²) in [5, 5.41) is 3.30. The SMILES string of the molecule is Cc1ccc(NCCCC(C)CCl)nc1. The van der Waals surface area contributed by atoms with Gasteiger partial charge in [-0.1, -0.05) is 13.0 Å². The Morgan fingerprint density at radius 3 is 2.87 bits per heavy atom. The van der Waals surface area contributed by atoms with Crippen LogP contribution in [0.1, 0.15) is 25.3 Å². The lowest BCUT2D eigenvalue weighted by molar-refractivity contribution is 0.572. The van der Waals surface area contributed by atoms with E-state index in [1.807, 2.05) is 19.2 Å². The maximum Gasteiger partial charge on any atom is 0.125 e. The second-order valence-corrected chi connectivity index (χ2v) is 4.36. The number of nitrogens with one attached hydrogen (secondary N) is 1. The van der Waals surface area contributed by atoms with Gasteiger partial charge in [0, 0.05) is 18.6 Å². The van der Waals surface area contributed by atoms with Crippen LogP contribution in [0.2, 0.25) is 0 Å². The van der Waals surface area contributed by atoms with Crippen LogP contribution in [-0.2, 0) is 0 Å². The van der Waals surface area contributed by atoms with Crippen LogP contribution in [0.15, 0.2) is 18.3 Å². The van der Waals surface area contributed by atoms with Crippen LogP contribution in [0, 0.1) is 12.8 Å². The van der Waals surface area contributed by atoms with E-state index in [2.05, 4.69) is 23.3 Å². The van der Waals surface area contributed by atoms with E-state index in [-0.39, 0.29) is 0 Å². The monoisotopic (exact) mass is 226 g/mol. The van der Waals surface area contributed by atoms with Gasteiger partial charge in [-0.3, -0.25) is 0 Å². The molecule has 1 heterocycles. The van der Waals surface area contributed by atoms with Crippen molar-refractivity contribution < 1.29 is 0 Å². The summed E-state index contributed by atoms with van der Waals surface area (Å²) in [6.45, 7) is 5.19. The topological polar surface area (TPSA) is 24.9 Å². The van der Waals surface area contributed by atoms with E-state index < -0.39 is 0 Å². The summed E-state index contributed by atoms with van der Waals surface area (Å²) >= 11 is 5.73. The van der Waals surface area contributed by atoms with Crippen molar-refractivity contribution in [3.63, 3.8) is 0 Å². The highest BCUT2D eigenvalue weighted by Crippen LogP contribution is 2.08. The molecule has 0 aromatic carbocycles.